The number of carboxylic acid groups (broad SMARTS) is 1. The van der Waals surface area contributed by atoms with Crippen LogP contribution in [0.5, 0.6) is 0 Å². The second kappa shape index (κ2) is 9.36. The molecule has 0 aliphatic carbocycles. The molecular weight excluding hydrogens is 378 g/mol. The van der Waals surface area contributed by atoms with E-state index in [9.17, 15) is 19.5 Å². The van der Waals surface area contributed by atoms with Crippen LogP contribution in [0.1, 0.15) is 48.2 Å². The quantitative estimate of drug-likeness (QED) is 0.188. The number of hydrogen-bond donors (Lipinski definition) is 1. The van der Waals surface area contributed by atoms with Crippen molar-refractivity contribution in [2.24, 2.45) is 5.16 Å². The molecule has 0 aliphatic rings. The number of ketones is 1. The summed E-state index contributed by atoms with van der Waals surface area (Å²) in [5.74, 6) is -2.05. The lowest BCUT2D eigenvalue weighted by atomic mass is 9.95. The van der Waals surface area contributed by atoms with Crippen molar-refractivity contribution in [3.05, 3.63) is 64.9 Å². The van der Waals surface area contributed by atoms with Crippen LogP contribution in [-0.2, 0) is 19.2 Å². The van der Waals surface area contributed by atoms with Gasteiger partial charge in [0, 0.05) is 31.2 Å². The van der Waals surface area contributed by atoms with Crippen LogP contribution in [0.3, 0.4) is 0 Å². The number of carbonyl (C=O) groups excluding carboxylic acids is 2. The van der Waals surface area contributed by atoms with Crippen LogP contribution >= 0.6 is 0 Å². The van der Waals surface area contributed by atoms with Gasteiger partial charge < -0.3 is 14.7 Å². The molecule has 0 fully saturated rings. The van der Waals surface area contributed by atoms with Crippen LogP contribution in [0, 0.1) is 0 Å². The second-order valence-corrected chi connectivity index (χ2v) is 5.83. The smallest absolute Gasteiger partial charge is 0.339 e. The minimum absolute atomic E-state index is 0.00814. The molecular formula is C20H19N3O6. The van der Waals surface area contributed by atoms with E-state index in [2.05, 4.69) is 15.1 Å². The molecule has 0 spiro atoms. The number of hydrogen-bond acceptors (Lipinski definition) is 8. The molecule has 2 aromatic rings. The highest BCUT2D eigenvalue weighted by atomic mass is 16.7. The third-order valence-electron chi connectivity index (χ3n) is 3.82. The molecule has 0 amide bonds. The van der Waals surface area contributed by atoms with Gasteiger partial charge in [-0.25, -0.2) is 19.6 Å². The number of aromatic nitrogens is 2. The van der Waals surface area contributed by atoms with Gasteiger partial charge in [0.2, 0.25) is 0 Å². The molecule has 9 nitrogen and oxygen atoms in total. The standard InChI is InChI=1S/C20H19N3O6/c1-11(24)16-9-10-21-19(22-16)18(23-29-13(3)25)15-8-6-5-7-14(15)17(20(26)27)12(2)28-4/h5-10H,1-4H3,(H,26,27). The summed E-state index contributed by atoms with van der Waals surface area (Å²) in [6.07, 6.45) is 1.36. The van der Waals surface area contributed by atoms with E-state index in [-0.39, 0.29) is 45.5 Å². The number of ether oxygens (including phenoxy) is 1. The molecule has 0 atom stereocenters. The predicted octanol–water partition coefficient (Wildman–Crippen LogP) is 2.46. The lowest BCUT2D eigenvalue weighted by molar-refractivity contribution is -0.141. The molecule has 2 rings (SSSR count). The third-order valence-corrected chi connectivity index (χ3v) is 3.82. The fourth-order valence-electron chi connectivity index (χ4n) is 2.45. The van der Waals surface area contributed by atoms with E-state index in [0.717, 1.165) is 6.92 Å². The van der Waals surface area contributed by atoms with Gasteiger partial charge in [-0.3, -0.25) is 4.79 Å². The number of rotatable bonds is 7. The minimum Gasteiger partial charge on any atom is -0.500 e. The van der Waals surface area contributed by atoms with Gasteiger partial charge in [0.1, 0.15) is 17.0 Å². The maximum absolute atomic E-state index is 11.9. The number of carbonyl (C=O) groups is 3. The van der Waals surface area contributed by atoms with Gasteiger partial charge in [0.15, 0.2) is 17.3 Å². The number of benzene rings is 1. The lowest BCUT2D eigenvalue weighted by Gasteiger charge is -2.13. The summed E-state index contributed by atoms with van der Waals surface area (Å²) in [5.41, 5.74) is 0.540. The van der Waals surface area contributed by atoms with Crippen LogP contribution in [0.15, 0.2) is 47.4 Å². The predicted molar refractivity (Wildman–Crippen MR) is 103 cm³/mol. The molecule has 0 saturated carbocycles. The number of carboxylic acids is 1. The maximum Gasteiger partial charge on any atom is 0.339 e. The van der Waals surface area contributed by atoms with Gasteiger partial charge in [-0.1, -0.05) is 29.4 Å². The van der Waals surface area contributed by atoms with Crippen molar-refractivity contribution in [1.29, 1.82) is 0 Å². The average molecular weight is 397 g/mol. The summed E-state index contributed by atoms with van der Waals surface area (Å²) < 4.78 is 5.11. The van der Waals surface area contributed by atoms with E-state index in [0.29, 0.717) is 0 Å². The number of allylic oxidation sites excluding steroid dienone is 1. The summed E-state index contributed by atoms with van der Waals surface area (Å²) in [6.45, 7) is 4.02. The Morgan fingerprint density at radius 3 is 2.24 bits per heavy atom. The van der Waals surface area contributed by atoms with Crippen LogP contribution in [0.4, 0.5) is 0 Å². The van der Waals surface area contributed by atoms with E-state index >= 15 is 0 Å². The Morgan fingerprint density at radius 2 is 1.69 bits per heavy atom. The van der Waals surface area contributed by atoms with Crippen molar-refractivity contribution in [2.45, 2.75) is 20.8 Å². The number of methoxy groups -OCH3 is 1. The third kappa shape index (κ3) is 5.10. The molecule has 0 unspecified atom stereocenters. The summed E-state index contributed by atoms with van der Waals surface area (Å²) in [5, 5.41) is 13.5. The van der Waals surface area contributed by atoms with Gasteiger partial charge in [-0.05, 0) is 13.0 Å². The first kappa shape index (κ1) is 21.4. The van der Waals surface area contributed by atoms with Crippen LogP contribution in [0.2, 0.25) is 0 Å². The Bertz CT molecular complexity index is 1030. The minimum atomic E-state index is -1.22. The van der Waals surface area contributed by atoms with Crippen molar-refractivity contribution in [2.75, 3.05) is 7.11 Å². The molecule has 0 aliphatic heterocycles. The highest BCUT2D eigenvalue weighted by Gasteiger charge is 2.24. The van der Waals surface area contributed by atoms with Crippen molar-refractivity contribution in [3.8, 4) is 0 Å². The highest BCUT2D eigenvalue weighted by Crippen LogP contribution is 2.25. The Balaban J connectivity index is 2.79. The van der Waals surface area contributed by atoms with E-state index in [1.54, 1.807) is 24.3 Å². The molecule has 1 aromatic heterocycles. The first-order chi connectivity index (χ1) is 13.8. The van der Waals surface area contributed by atoms with Gasteiger partial charge in [0.05, 0.1) is 7.11 Å². The van der Waals surface area contributed by atoms with Gasteiger partial charge >= 0.3 is 11.9 Å². The first-order valence-electron chi connectivity index (χ1n) is 8.44. The Labute approximate surface area is 166 Å². The van der Waals surface area contributed by atoms with Gasteiger partial charge in [0.25, 0.3) is 0 Å². The Hall–Kier alpha value is -3.88. The fraction of sp³-hybridized carbons (Fsp3) is 0.200. The van der Waals surface area contributed by atoms with E-state index in [1.165, 1.54) is 33.2 Å². The number of oxime groups is 1. The van der Waals surface area contributed by atoms with Crippen molar-refractivity contribution >= 4 is 29.0 Å². The number of aliphatic carboxylic acids is 1. The molecule has 0 radical (unpaired) electrons. The Morgan fingerprint density at radius 1 is 1.03 bits per heavy atom. The molecule has 0 saturated heterocycles. The molecule has 0 bridgehead atoms. The zero-order valence-electron chi connectivity index (χ0n) is 16.3. The fourth-order valence-corrected chi connectivity index (χ4v) is 2.45. The van der Waals surface area contributed by atoms with Gasteiger partial charge in [-0.2, -0.15) is 0 Å². The summed E-state index contributed by atoms with van der Waals surface area (Å²) in [7, 11) is 1.36. The molecule has 29 heavy (non-hydrogen) atoms. The van der Waals surface area contributed by atoms with Crippen molar-refractivity contribution in [3.63, 3.8) is 0 Å². The summed E-state index contributed by atoms with van der Waals surface area (Å²) in [6, 6.07) is 7.85. The van der Waals surface area contributed by atoms with Crippen LogP contribution < -0.4 is 0 Å². The first-order valence-corrected chi connectivity index (χ1v) is 8.44. The van der Waals surface area contributed by atoms with Crippen molar-refractivity contribution in [1.82, 2.24) is 9.97 Å². The number of nitrogens with zero attached hydrogens (tertiary/aromatic N) is 3. The van der Waals surface area contributed by atoms with Crippen LogP contribution in [-0.4, -0.2) is 45.6 Å². The monoisotopic (exact) mass is 397 g/mol. The van der Waals surface area contributed by atoms with Gasteiger partial charge in [-0.15, -0.1) is 0 Å². The van der Waals surface area contributed by atoms with Crippen LogP contribution in [0.25, 0.3) is 5.57 Å². The van der Waals surface area contributed by atoms with E-state index < -0.39 is 11.9 Å². The van der Waals surface area contributed by atoms with E-state index in [1.807, 2.05) is 0 Å². The second-order valence-electron chi connectivity index (χ2n) is 5.83. The largest absolute Gasteiger partial charge is 0.500 e. The summed E-state index contributed by atoms with van der Waals surface area (Å²) in [4.78, 5) is 48.0. The molecule has 1 heterocycles. The SMILES string of the molecule is COC(C)=C(C(=O)O)c1ccccc1C(=NOC(C)=O)c1nccc(C(C)=O)n1. The number of Topliss-reactive ketones (excluding diaryl/α,β-unsaturated/α-hetero) is 1. The average Bonchev–Trinajstić information content (AvgIpc) is 2.69. The highest BCUT2D eigenvalue weighted by molar-refractivity contribution is 6.22. The van der Waals surface area contributed by atoms with Crippen molar-refractivity contribution < 1.29 is 29.1 Å². The Kier molecular flexibility index (Phi) is 6.91. The normalized spacial score (nSPS) is 12.1. The molecule has 9 heteroatoms. The molecule has 150 valence electrons. The summed E-state index contributed by atoms with van der Waals surface area (Å²) >= 11 is 0. The van der Waals surface area contributed by atoms with E-state index in [4.69, 9.17) is 9.57 Å². The lowest BCUT2D eigenvalue weighted by Crippen LogP contribution is -2.16. The maximum atomic E-state index is 11.9. The molecule has 1 aromatic carbocycles. The molecule has 1 N–H and O–H groups in total. The zero-order valence-corrected chi connectivity index (χ0v) is 16.3. The topological polar surface area (TPSA) is 128 Å². The zero-order chi connectivity index (χ0) is 21.6.